The number of allylic oxidation sites excluding steroid dienone is 1. The third kappa shape index (κ3) is 2.15. The minimum atomic E-state index is 0.549. The molecule has 0 aromatic heterocycles. The Hall–Kier alpha value is -0.260. The number of rotatable bonds is 3. The van der Waals surface area contributed by atoms with Crippen LogP contribution in [0.15, 0.2) is 12.7 Å². The van der Waals surface area contributed by atoms with Crippen LogP contribution in [0.4, 0.5) is 0 Å². The summed E-state index contributed by atoms with van der Waals surface area (Å²) in [6.07, 6.45) is 12.4. The van der Waals surface area contributed by atoms with Gasteiger partial charge in [0.15, 0.2) is 0 Å². The average molecular weight is 178 g/mol. The molecule has 74 valence electrons. The maximum atomic E-state index is 4.06. The van der Waals surface area contributed by atoms with Gasteiger partial charge in [-0.2, -0.15) is 0 Å². The highest BCUT2D eigenvalue weighted by Gasteiger charge is 2.36. The number of hydrogen-bond acceptors (Lipinski definition) is 0. The molecule has 0 N–H and O–H groups in total. The van der Waals surface area contributed by atoms with Gasteiger partial charge in [-0.15, -0.1) is 6.58 Å². The Kier molecular flexibility index (Phi) is 2.49. The third-order valence-corrected chi connectivity index (χ3v) is 4.10. The van der Waals surface area contributed by atoms with Gasteiger partial charge in [0.05, 0.1) is 0 Å². The van der Waals surface area contributed by atoms with Crippen LogP contribution in [0.2, 0.25) is 0 Å². The Morgan fingerprint density at radius 1 is 1.23 bits per heavy atom. The molecule has 0 bridgehead atoms. The second kappa shape index (κ2) is 3.48. The fourth-order valence-electron chi connectivity index (χ4n) is 2.73. The van der Waals surface area contributed by atoms with Crippen molar-refractivity contribution in [2.45, 2.75) is 51.9 Å². The molecule has 0 aromatic rings. The van der Waals surface area contributed by atoms with Crippen LogP contribution in [0.1, 0.15) is 51.9 Å². The van der Waals surface area contributed by atoms with Gasteiger partial charge in [-0.05, 0) is 49.4 Å². The van der Waals surface area contributed by atoms with Crippen LogP contribution in [0, 0.1) is 17.3 Å². The Labute approximate surface area is 82.4 Å². The van der Waals surface area contributed by atoms with Gasteiger partial charge in [0, 0.05) is 0 Å². The van der Waals surface area contributed by atoms with E-state index in [1.165, 1.54) is 44.9 Å². The highest BCUT2D eigenvalue weighted by molar-refractivity contribution is 5.00. The summed E-state index contributed by atoms with van der Waals surface area (Å²) in [5.74, 6) is 2.03. The first kappa shape index (κ1) is 9.30. The first-order chi connectivity index (χ1) is 6.24. The summed E-state index contributed by atoms with van der Waals surface area (Å²) < 4.78 is 0. The lowest BCUT2D eigenvalue weighted by molar-refractivity contribution is 0.190. The van der Waals surface area contributed by atoms with Crippen molar-refractivity contribution in [1.82, 2.24) is 0 Å². The van der Waals surface area contributed by atoms with Crippen LogP contribution in [0.5, 0.6) is 0 Å². The zero-order valence-electron chi connectivity index (χ0n) is 8.89. The molecular weight excluding hydrogens is 156 g/mol. The van der Waals surface area contributed by atoms with E-state index in [-0.39, 0.29) is 0 Å². The monoisotopic (exact) mass is 178 g/mol. The smallest absolute Gasteiger partial charge is 0.0118 e. The summed E-state index contributed by atoms with van der Waals surface area (Å²) in [6, 6.07) is 0. The molecule has 0 nitrogen and oxygen atoms in total. The van der Waals surface area contributed by atoms with Crippen LogP contribution in [-0.2, 0) is 0 Å². The molecule has 0 aromatic carbocycles. The molecule has 0 saturated heterocycles. The van der Waals surface area contributed by atoms with E-state index >= 15 is 0 Å². The summed E-state index contributed by atoms with van der Waals surface area (Å²) in [4.78, 5) is 0. The molecule has 2 saturated carbocycles. The van der Waals surface area contributed by atoms with Crippen molar-refractivity contribution in [1.29, 1.82) is 0 Å². The maximum Gasteiger partial charge on any atom is -0.0118 e. The maximum absolute atomic E-state index is 4.06. The highest BCUT2D eigenvalue weighted by Crippen LogP contribution is 2.49. The van der Waals surface area contributed by atoms with Crippen molar-refractivity contribution in [3.8, 4) is 0 Å². The highest BCUT2D eigenvalue weighted by atomic mass is 14.4. The molecule has 2 aliphatic carbocycles. The van der Waals surface area contributed by atoms with Gasteiger partial charge in [-0.1, -0.05) is 25.8 Å². The molecule has 2 rings (SSSR count). The first-order valence-electron chi connectivity index (χ1n) is 5.88. The average Bonchev–Trinajstić information content (AvgIpc) is 2.94. The lowest BCUT2D eigenvalue weighted by Crippen LogP contribution is -2.25. The van der Waals surface area contributed by atoms with Gasteiger partial charge in [-0.3, -0.25) is 0 Å². The summed E-state index contributed by atoms with van der Waals surface area (Å²) in [5, 5.41) is 0. The van der Waals surface area contributed by atoms with Crippen molar-refractivity contribution in [2.24, 2.45) is 17.3 Å². The molecule has 0 heterocycles. The Bertz CT molecular complexity index is 180. The molecule has 2 fully saturated rings. The summed E-state index contributed by atoms with van der Waals surface area (Å²) in [5.41, 5.74) is 0.549. The van der Waals surface area contributed by atoms with Crippen LogP contribution >= 0.6 is 0 Å². The molecule has 0 aliphatic heterocycles. The van der Waals surface area contributed by atoms with E-state index in [4.69, 9.17) is 0 Å². The topological polar surface area (TPSA) is 0 Å². The van der Waals surface area contributed by atoms with Gasteiger partial charge >= 0.3 is 0 Å². The predicted octanol–water partition coefficient (Wildman–Crippen LogP) is 4.17. The Balaban J connectivity index is 1.93. The standard InChI is InChI=1S/C13H22/c1-3-13(10-12-4-5-12)8-6-11(2)7-9-13/h3,11-12H,1,4-10H2,2H3. The summed E-state index contributed by atoms with van der Waals surface area (Å²) in [7, 11) is 0. The zero-order chi connectivity index (χ0) is 9.31. The normalized spacial score (nSPS) is 40.2. The van der Waals surface area contributed by atoms with Crippen molar-refractivity contribution >= 4 is 0 Å². The van der Waals surface area contributed by atoms with Crippen molar-refractivity contribution < 1.29 is 0 Å². The summed E-state index contributed by atoms with van der Waals surface area (Å²) >= 11 is 0. The van der Waals surface area contributed by atoms with E-state index in [9.17, 15) is 0 Å². The van der Waals surface area contributed by atoms with Crippen LogP contribution in [0.25, 0.3) is 0 Å². The van der Waals surface area contributed by atoms with Crippen LogP contribution < -0.4 is 0 Å². The second-order valence-electron chi connectivity index (χ2n) is 5.40. The van der Waals surface area contributed by atoms with Crippen molar-refractivity contribution in [3.63, 3.8) is 0 Å². The first-order valence-corrected chi connectivity index (χ1v) is 5.88. The fraction of sp³-hybridized carbons (Fsp3) is 0.846. The van der Waals surface area contributed by atoms with E-state index < -0.39 is 0 Å². The van der Waals surface area contributed by atoms with E-state index in [1.807, 2.05) is 0 Å². The molecule has 0 amide bonds. The van der Waals surface area contributed by atoms with Gasteiger partial charge in [0.2, 0.25) is 0 Å². The van der Waals surface area contributed by atoms with Crippen molar-refractivity contribution in [2.75, 3.05) is 0 Å². The largest absolute Gasteiger partial charge is 0.103 e. The Morgan fingerprint density at radius 2 is 1.85 bits per heavy atom. The second-order valence-corrected chi connectivity index (χ2v) is 5.40. The van der Waals surface area contributed by atoms with Gasteiger partial charge in [0.25, 0.3) is 0 Å². The van der Waals surface area contributed by atoms with Gasteiger partial charge in [-0.25, -0.2) is 0 Å². The molecule has 0 heteroatoms. The third-order valence-electron chi connectivity index (χ3n) is 4.10. The van der Waals surface area contributed by atoms with Gasteiger partial charge < -0.3 is 0 Å². The van der Waals surface area contributed by atoms with E-state index in [1.54, 1.807) is 0 Å². The minimum Gasteiger partial charge on any atom is -0.103 e. The molecule has 0 unspecified atom stereocenters. The molecule has 13 heavy (non-hydrogen) atoms. The molecule has 0 radical (unpaired) electrons. The predicted molar refractivity (Wildman–Crippen MR) is 57.6 cm³/mol. The van der Waals surface area contributed by atoms with E-state index in [0.29, 0.717) is 5.41 Å². The molecule has 0 atom stereocenters. The molecular formula is C13H22. The lowest BCUT2D eigenvalue weighted by atomic mass is 9.68. The SMILES string of the molecule is C=CC1(CC2CC2)CCC(C)CC1. The van der Waals surface area contributed by atoms with E-state index in [0.717, 1.165) is 11.8 Å². The van der Waals surface area contributed by atoms with E-state index in [2.05, 4.69) is 19.6 Å². The quantitative estimate of drug-likeness (QED) is 0.569. The number of hydrogen-bond donors (Lipinski definition) is 0. The van der Waals surface area contributed by atoms with Crippen molar-refractivity contribution in [3.05, 3.63) is 12.7 Å². The van der Waals surface area contributed by atoms with Gasteiger partial charge in [0.1, 0.15) is 0 Å². The molecule has 2 aliphatic rings. The molecule has 0 spiro atoms. The van der Waals surface area contributed by atoms with Crippen LogP contribution in [0.3, 0.4) is 0 Å². The Morgan fingerprint density at radius 3 is 2.31 bits per heavy atom. The van der Waals surface area contributed by atoms with Crippen LogP contribution in [-0.4, -0.2) is 0 Å². The summed E-state index contributed by atoms with van der Waals surface area (Å²) in [6.45, 7) is 6.46. The minimum absolute atomic E-state index is 0.549. The lowest BCUT2D eigenvalue weighted by Gasteiger charge is -2.37. The fourth-order valence-corrected chi connectivity index (χ4v) is 2.73. The zero-order valence-corrected chi connectivity index (χ0v) is 8.89.